The molecule has 0 spiro atoms. The number of thiophene rings is 1. The maximum absolute atomic E-state index is 12.3. The predicted octanol–water partition coefficient (Wildman–Crippen LogP) is 2.55. The Kier molecular flexibility index (Phi) is 5.85. The van der Waals surface area contributed by atoms with Gasteiger partial charge >= 0.3 is 5.97 Å². The molecule has 0 saturated carbocycles. The molecule has 1 rings (SSSR count). The lowest BCUT2D eigenvalue weighted by atomic mass is 10.2. The molecule has 0 N–H and O–H groups in total. The van der Waals surface area contributed by atoms with Crippen LogP contribution in [-0.2, 0) is 9.53 Å². The van der Waals surface area contributed by atoms with Gasteiger partial charge in [0.1, 0.15) is 0 Å². The molecule has 1 heterocycles. The Labute approximate surface area is 112 Å². The number of nitrogens with zero attached hydrogens (tertiary/aromatic N) is 1. The number of carbonyl (C=O) groups excluding carboxylic acids is 2. The summed E-state index contributed by atoms with van der Waals surface area (Å²) in [6.07, 6.45) is 1.09. The lowest BCUT2D eigenvalue weighted by Gasteiger charge is -2.27. The van der Waals surface area contributed by atoms with Crippen LogP contribution in [0.1, 0.15) is 36.4 Å². The molecule has 0 aliphatic carbocycles. The van der Waals surface area contributed by atoms with Gasteiger partial charge in [-0.3, -0.25) is 9.59 Å². The van der Waals surface area contributed by atoms with E-state index in [-0.39, 0.29) is 24.3 Å². The highest BCUT2D eigenvalue weighted by Crippen LogP contribution is 2.15. The third-order valence-electron chi connectivity index (χ3n) is 2.90. The van der Waals surface area contributed by atoms with Crippen molar-refractivity contribution < 1.29 is 14.3 Å². The topological polar surface area (TPSA) is 46.6 Å². The quantitative estimate of drug-likeness (QED) is 0.746. The molecule has 1 atom stereocenters. The van der Waals surface area contributed by atoms with Gasteiger partial charge < -0.3 is 9.64 Å². The first-order valence-corrected chi connectivity index (χ1v) is 6.89. The Morgan fingerprint density at radius 1 is 1.50 bits per heavy atom. The van der Waals surface area contributed by atoms with Crippen molar-refractivity contribution in [3.8, 4) is 0 Å². The smallest absolute Gasteiger partial charge is 0.307 e. The van der Waals surface area contributed by atoms with Crippen LogP contribution in [0.4, 0.5) is 0 Å². The van der Waals surface area contributed by atoms with Crippen LogP contribution in [0.3, 0.4) is 0 Å². The molecular weight excluding hydrogens is 250 g/mol. The van der Waals surface area contributed by atoms with Gasteiger partial charge in [0, 0.05) is 12.6 Å². The Bertz CT molecular complexity index is 389. The second-order valence-electron chi connectivity index (χ2n) is 4.06. The zero-order chi connectivity index (χ0) is 13.5. The van der Waals surface area contributed by atoms with E-state index < -0.39 is 0 Å². The van der Waals surface area contributed by atoms with E-state index in [2.05, 4.69) is 4.74 Å². The minimum Gasteiger partial charge on any atom is -0.469 e. The SMILES string of the molecule is CCC(C)N(CCC(=O)OC)C(=O)c1cccs1. The van der Waals surface area contributed by atoms with E-state index in [0.717, 1.165) is 6.42 Å². The minimum atomic E-state index is -0.290. The maximum atomic E-state index is 12.3. The number of hydrogen-bond donors (Lipinski definition) is 0. The monoisotopic (exact) mass is 269 g/mol. The van der Waals surface area contributed by atoms with Crippen molar-refractivity contribution in [3.63, 3.8) is 0 Å². The number of methoxy groups -OCH3 is 1. The number of amides is 1. The van der Waals surface area contributed by atoms with Gasteiger partial charge in [-0.2, -0.15) is 0 Å². The van der Waals surface area contributed by atoms with Gasteiger partial charge in [-0.05, 0) is 24.8 Å². The van der Waals surface area contributed by atoms with Crippen LogP contribution >= 0.6 is 11.3 Å². The predicted molar refractivity (Wildman–Crippen MR) is 71.7 cm³/mol. The van der Waals surface area contributed by atoms with Gasteiger partial charge in [0.05, 0.1) is 18.4 Å². The van der Waals surface area contributed by atoms with Crippen LogP contribution in [0.2, 0.25) is 0 Å². The molecular formula is C13H19NO3S. The van der Waals surface area contributed by atoms with E-state index in [9.17, 15) is 9.59 Å². The first kappa shape index (κ1) is 14.7. The van der Waals surface area contributed by atoms with Crippen LogP contribution in [0.5, 0.6) is 0 Å². The Morgan fingerprint density at radius 2 is 2.22 bits per heavy atom. The molecule has 18 heavy (non-hydrogen) atoms. The average Bonchev–Trinajstić information content (AvgIpc) is 2.91. The normalized spacial score (nSPS) is 11.9. The first-order chi connectivity index (χ1) is 8.60. The molecule has 0 aliphatic heterocycles. The Hall–Kier alpha value is -1.36. The first-order valence-electron chi connectivity index (χ1n) is 6.01. The summed E-state index contributed by atoms with van der Waals surface area (Å²) in [6.45, 7) is 4.42. The van der Waals surface area contributed by atoms with E-state index in [1.165, 1.54) is 18.4 Å². The summed E-state index contributed by atoms with van der Waals surface area (Å²) in [5.74, 6) is -0.300. The van der Waals surface area contributed by atoms with Crippen LogP contribution in [0, 0.1) is 0 Å². The van der Waals surface area contributed by atoms with Crippen molar-refractivity contribution in [2.24, 2.45) is 0 Å². The summed E-state index contributed by atoms with van der Waals surface area (Å²) in [4.78, 5) is 25.9. The molecule has 1 amide bonds. The zero-order valence-electron chi connectivity index (χ0n) is 11.0. The van der Waals surface area contributed by atoms with E-state index >= 15 is 0 Å². The summed E-state index contributed by atoms with van der Waals surface area (Å²) in [7, 11) is 1.36. The second kappa shape index (κ2) is 7.16. The minimum absolute atomic E-state index is 0.0109. The lowest BCUT2D eigenvalue weighted by Crippen LogP contribution is -2.39. The molecule has 0 radical (unpaired) electrons. The van der Waals surface area contributed by atoms with Crippen LogP contribution < -0.4 is 0 Å². The van der Waals surface area contributed by atoms with Crippen LogP contribution in [0.15, 0.2) is 17.5 Å². The molecule has 1 aromatic heterocycles. The van der Waals surface area contributed by atoms with Gasteiger partial charge in [-0.25, -0.2) is 0 Å². The molecule has 1 unspecified atom stereocenters. The highest BCUT2D eigenvalue weighted by atomic mass is 32.1. The molecule has 4 nitrogen and oxygen atoms in total. The van der Waals surface area contributed by atoms with Crippen molar-refractivity contribution in [2.45, 2.75) is 32.7 Å². The Balaban J connectivity index is 2.72. The maximum Gasteiger partial charge on any atom is 0.307 e. The lowest BCUT2D eigenvalue weighted by molar-refractivity contribution is -0.140. The van der Waals surface area contributed by atoms with Crippen molar-refractivity contribution in [1.82, 2.24) is 4.90 Å². The molecule has 1 aromatic rings. The molecule has 0 aromatic carbocycles. The third-order valence-corrected chi connectivity index (χ3v) is 3.76. The largest absolute Gasteiger partial charge is 0.469 e. The fourth-order valence-corrected chi connectivity index (χ4v) is 2.28. The van der Waals surface area contributed by atoms with Gasteiger partial charge in [-0.1, -0.05) is 13.0 Å². The van der Waals surface area contributed by atoms with Gasteiger partial charge in [0.15, 0.2) is 0 Å². The standard InChI is InChI=1S/C13H19NO3S/c1-4-10(2)14(8-7-12(15)17-3)13(16)11-6-5-9-18-11/h5-6,9-10H,4,7-8H2,1-3H3. The fourth-order valence-electron chi connectivity index (χ4n) is 1.60. The average molecular weight is 269 g/mol. The molecule has 0 saturated heterocycles. The van der Waals surface area contributed by atoms with Crippen molar-refractivity contribution >= 4 is 23.2 Å². The summed E-state index contributed by atoms with van der Waals surface area (Å²) in [5.41, 5.74) is 0. The fraction of sp³-hybridized carbons (Fsp3) is 0.538. The van der Waals surface area contributed by atoms with Gasteiger partial charge in [0.25, 0.3) is 5.91 Å². The van der Waals surface area contributed by atoms with E-state index in [1.54, 1.807) is 11.0 Å². The summed E-state index contributed by atoms with van der Waals surface area (Å²) >= 11 is 1.42. The molecule has 5 heteroatoms. The third kappa shape index (κ3) is 3.84. The van der Waals surface area contributed by atoms with E-state index in [0.29, 0.717) is 11.4 Å². The number of ether oxygens (including phenoxy) is 1. The number of rotatable bonds is 6. The summed E-state index contributed by atoms with van der Waals surface area (Å²) in [6, 6.07) is 3.78. The highest BCUT2D eigenvalue weighted by molar-refractivity contribution is 7.12. The molecule has 100 valence electrons. The molecule has 0 fully saturated rings. The van der Waals surface area contributed by atoms with Crippen LogP contribution in [0.25, 0.3) is 0 Å². The second-order valence-corrected chi connectivity index (χ2v) is 5.01. The molecule has 0 bridgehead atoms. The highest BCUT2D eigenvalue weighted by Gasteiger charge is 2.21. The van der Waals surface area contributed by atoms with Crippen LogP contribution in [-0.4, -0.2) is 36.5 Å². The van der Waals surface area contributed by atoms with Crippen molar-refractivity contribution in [2.75, 3.05) is 13.7 Å². The summed E-state index contributed by atoms with van der Waals surface area (Å²) < 4.78 is 4.61. The number of hydrogen-bond acceptors (Lipinski definition) is 4. The van der Waals surface area contributed by atoms with Gasteiger partial charge in [-0.15, -0.1) is 11.3 Å². The van der Waals surface area contributed by atoms with Crippen molar-refractivity contribution in [1.29, 1.82) is 0 Å². The zero-order valence-corrected chi connectivity index (χ0v) is 11.8. The van der Waals surface area contributed by atoms with Gasteiger partial charge in [0.2, 0.25) is 0 Å². The number of carbonyl (C=O) groups is 2. The van der Waals surface area contributed by atoms with Crippen molar-refractivity contribution in [3.05, 3.63) is 22.4 Å². The molecule has 0 aliphatic rings. The summed E-state index contributed by atoms with van der Waals surface area (Å²) in [5, 5.41) is 1.88. The van der Waals surface area contributed by atoms with E-state index in [1.807, 2.05) is 25.3 Å². The number of esters is 1. The Morgan fingerprint density at radius 3 is 2.72 bits per heavy atom. The van der Waals surface area contributed by atoms with E-state index in [4.69, 9.17) is 0 Å².